The molecular formula is C8H12ClN3O3S. The van der Waals surface area contributed by atoms with Gasteiger partial charge in [0.25, 0.3) is 10.0 Å². The average Bonchev–Trinajstić information content (AvgIpc) is 2.79. The van der Waals surface area contributed by atoms with E-state index in [-0.39, 0.29) is 10.9 Å². The molecule has 0 bridgehead atoms. The minimum Gasteiger partial charge on any atom is -0.379 e. The Morgan fingerprint density at radius 2 is 2.19 bits per heavy atom. The van der Waals surface area contributed by atoms with Crippen LogP contribution in [0.5, 0.6) is 0 Å². The highest BCUT2D eigenvalue weighted by Crippen LogP contribution is 2.19. The zero-order chi connectivity index (χ0) is 11.6. The highest BCUT2D eigenvalue weighted by Gasteiger charge is 2.29. The zero-order valence-corrected chi connectivity index (χ0v) is 10.1. The number of ether oxygens (including phenoxy) is 1. The van der Waals surface area contributed by atoms with Crippen molar-refractivity contribution in [3.63, 3.8) is 0 Å². The van der Waals surface area contributed by atoms with Crippen LogP contribution in [0.2, 0.25) is 0 Å². The van der Waals surface area contributed by atoms with Gasteiger partial charge in [0.2, 0.25) is 0 Å². The normalized spacial score (nSPS) is 18.8. The summed E-state index contributed by atoms with van der Waals surface area (Å²) >= 11 is 5.65. The van der Waals surface area contributed by atoms with E-state index < -0.39 is 10.0 Å². The van der Waals surface area contributed by atoms with Crippen LogP contribution in [0, 0.1) is 0 Å². The maximum atomic E-state index is 12.2. The van der Waals surface area contributed by atoms with Gasteiger partial charge in [-0.25, -0.2) is 8.42 Å². The minimum absolute atomic E-state index is 0.0874. The first-order valence-corrected chi connectivity index (χ1v) is 6.80. The molecule has 90 valence electrons. The van der Waals surface area contributed by atoms with E-state index in [1.807, 2.05) is 0 Å². The summed E-state index contributed by atoms with van der Waals surface area (Å²) in [7, 11) is -3.51. The third-order valence-electron chi connectivity index (χ3n) is 2.39. The summed E-state index contributed by atoms with van der Waals surface area (Å²) in [4.78, 5) is 0. The van der Waals surface area contributed by atoms with Crippen molar-refractivity contribution >= 4 is 21.6 Å². The van der Waals surface area contributed by atoms with Crippen molar-refractivity contribution in [3.05, 3.63) is 11.8 Å². The van der Waals surface area contributed by atoms with E-state index in [4.69, 9.17) is 16.3 Å². The molecule has 6 nitrogen and oxygen atoms in total. The topological polar surface area (TPSA) is 75.3 Å². The van der Waals surface area contributed by atoms with Gasteiger partial charge in [-0.3, -0.25) is 5.10 Å². The van der Waals surface area contributed by atoms with Gasteiger partial charge in [0.05, 0.1) is 25.3 Å². The van der Waals surface area contributed by atoms with E-state index in [2.05, 4.69) is 10.2 Å². The zero-order valence-electron chi connectivity index (χ0n) is 8.52. The lowest BCUT2D eigenvalue weighted by Crippen LogP contribution is -2.41. The Hall–Kier alpha value is -0.630. The average molecular weight is 266 g/mol. The van der Waals surface area contributed by atoms with Gasteiger partial charge < -0.3 is 4.74 Å². The van der Waals surface area contributed by atoms with Gasteiger partial charge in [0.1, 0.15) is 0 Å². The number of aromatic amines is 1. The Morgan fingerprint density at radius 3 is 2.81 bits per heavy atom. The van der Waals surface area contributed by atoms with Crippen LogP contribution in [0.3, 0.4) is 0 Å². The molecule has 0 radical (unpaired) electrons. The van der Waals surface area contributed by atoms with E-state index in [1.165, 1.54) is 10.5 Å². The first-order chi connectivity index (χ1) is 7.66. The van der Waals surface area contributed by atoms with Gasteiger partial charge in [0.15, 0.2) is 5.03 Å². The van der Waals surface area contributed by atoms with Gasteiger partial charge in [-0.05, 0) is 0 Å². The Balaban J connectivity index is 2.30. The third-order valence-corrected chi connectivity index (χ3v) is 4.59. The number of hydrogen-bond donors (Lipinski definition) is 1. The molecule has 1 saturated heterocycles. The highest BCUT2D eigenvalue weighted by molar-refractivity contribution is 7.89. The second kappa shape index (κ2) is 4.70. The van der Waals surface area contributed by atoms with Gasteiger partial charge >= 0.3 is 0 Å². The summed E-state index contributed by atoms with van der Waals surface area (Å²) < 4.78 is 30.8. The predicted octanol–water partition coefficient (Wildman–Crippen LogP) is 0.169. The van der Waals surface area contributed by atoms with Crippen LogP contribution in [-0.2, 0) is 20.6 Å². The van der Waals surface area contributed by atoms with E-state index in [0.29, 0.717) is 31.9 Å². The fourth-order valence-corrected chi connectivity index (χ4v) is 3.33. The largest absolute Gasteiger partial charge is 0.379 e. The number of rotatable bonds is 3. The van der Waals surface area contributed by atoms with Crippen LogP contribution >= 0.6 is 11.6 Å². The number of nitrogens with one attached hydrogen (secondary N) is 1. The van der Waals surface area contributed by atoms with Crippen LogP contribution in [0.4, 0.5) is 0 Å². The first kappa shape index (κ1) is 11.8. The number of H-pyrrole nitrogens is 1. The van der Waals surface area contributed by atoms with Gasteiger partial charge in [0, 0.05) is 18.7 Å². The summed E-state index contributed by atoms with van der Waals surface area (Å²) in [5.41, 5.74) is 0.494. The molecule has 0 aromatic carbocycles. The standard InChI is InChI=1S/C8H12ClN3O3S/c9-5-7-6-10-11-8(7)16(13,14)12-1-3-15-4-2-12/h6H,1-5H2,(H,10,11). The number of hydrogen-bond acceptors (Lipinski definition) is 4. The number of sulfonamides is 1. The number of aromatic nitrogens is 2. The number of nitrogens with zero attached hydrogens (tertiary/aromatic N) is 2. The lowest BCUT2D eigenvalue weighted by molar-refractivity contribution is 0.0729. The molecule has 0 spiro atoms. The number of alkyl halides is 1. The minimum atomic E-state index is -3.51. The van der Waals surface area contributed by atoms with Crippen molar-refractivity contribution in [2.75, 3.05) is 26.3 Å². The van der Waals surface area contributed by atoms with Crippen molar-refractivity contribution in [1.29, 1.82) is 0 Å². The van der Waals surface area contributed by atoms with E-state index in [0.717, 1.165) is 0 Å². The Morgan fingerprint density at radius 1 is 1.50 bits per heavy atom. The summed E-state index contributed by atoms with van der Waals surface area (Å²) in [6, 6.07) is 0. The van der Waals surface area contributed by atoms with Crippen LogP contribution in [0.1, 0.15) is 5.56 Å². The molecule has 0 saturated carbocycles. The van der Waals surface area contributed by atoms with Gasteiger partial charge in [-0.15, -0.1) is 11.6 Å². The van der Waals surface area contributed by atoms with Crippen molar-refractivity contribution in [2.45, 2.75) is 10.9 Å². The fraction of sp³-hybridized carbons (Fsp3) is 0.625. The van der Waals surface area contributed by atoms with E-state index >= 15 is 0 Å². The molecule has 1 aromatic heterocycles. The van der Waals surface area contributed by atoms with Crippen molar-refractivity contribution in [1.82, 2.24) is 14.5 Å². The van der Waals surface area contributed by atoms with Gasteiger partial charge in [-0.2, -0.15) is 9.40 Å². The Labute approximate surface area is 98.6 Å². The molecule has 1 aliphatic rings. The maximum absolute atomic E-state index is 12.2. The number of halogens is 1. The summed E-state index contributed by atoms with van der Waals surface area (Å²) in [5.74, 6) is 0.120. The monoisotopic (exact) mass is 265 g/mol. The summed E-state index contributed by atoms with van der Waals surface area (Å²) in [6.45, 7) is 1.57. The second-order valence-electron chi connectivity index (χ2n) is 3.37. The lowest BCUT2D eigenvalue weighted by Gasteiger charge is -2.25. The quantitative estimate of drug-likeness (QED) is 0.791. The van der Waals surface area contributed by atoms with Crippen molar-refractivity contribution < 1.29 is 13.2 Å². The molecular weight excluding hydrogens is 254 g/mol. The SMILES string of the molecule is O=S(=O)(c1[nH]ncc1CCl)N1CCOCC1. The molecule has 8 heteroatoms. The van der Waals surface area contributed by atoms with E-state index in [9.17, 15) is 8.42 Å². The molecule has 0 atom stereocenters. The number of morpholine rings is 1. The Bertz CT molecular complexity index is 453. The lowest BCUT2D eigenvalue weighted by atomic mass is 10.4. The highest BCUT2D eigenvalue weighted by atomic mass is 35.5. The second-order valence-corrected chi connectivity index (χ2v) is 5.52. The predicted molar refractivity (Wildman–Crippen MR) is 57.7 cm³/mol. The summed E-state index contributed by atoms with van der Waals surface area (Å²) in [6.07, 6.45) is 1.43. The van der Waals surface area contributed by atoms with Crippen LogP contribution < -0.4 is 0 Å². The smallest absolute Gasteiger partial charge is 0.260 e. The molecule has 1 N–H and O–H groups in total. The molecule has 1 fully saturated rings. The summed E-state index contributed by atoms with van der Waals surface area (Å²) in [5, 5.41) is 6.28. The van der Waals surface area contributed by atoms with Crippen molar-refractivity contribution in [3.8, 4) is 0 Å². The molecule has 0 aliphatic carbocycles. The molecule has 1 aliphatic heterocycles. The molecule has 16 heavy (non-hydrogen) atoms. The fourth-order valence-electron chi connectivity index (χ4n) is 1.53. The first-order valence-electron chi connectivity index (χ1n) is 4.82. The van der Waals surface area contributed by atoms with Gasteiger partial charge in [-0.1, -0.05) is 0 Å². The Kier molecular flexibility index (Phi) is 3.48. The molecule has 1 aromatic rings. The van der Waals surface area contributed by atoms with Crippen LogP contribution in [-0.4, -0.2) is 49.2 Å². The molecule has 2 rings (SSSR count). The van der Waals surface area contributed by atoms with Crippen LogP contribution in [0.25, 0.3) is 0 Å². The molecule has 0 unspecified atom stereocenters. The molecule has 0 amide bonds. The third kappa shape index (κ3) is 2.08. The molecule has 2 heterocycles. The van der Waals surface area contributed by atoms with Crippen LogP contribution in [0.15, 0.2) is 11.2 Å². The maximum Gasteiger partial charge on any atom is 0.260 e. The van der Waals surface area contributed by atoms with E-state index in [1.54, 1.807) is 0 Å². The van der Waals surface area contributed by atoms with Crippen molar-refractivity contribution in [2.24, 2.45) is 0 Å².